The van der Waals surface area contributed by atoms with Crippen molar-refractivity contribution in [3.8, 4) is 0 Å². The molecule has 0 spiro atoms. The van der Waals surface area contributed by atoms with Gasteiger partial charge in [0.25, 0.3) is 0 Å². The molecule has 1 heterocycles. The zero-order chi connectivity index (χ0) is 13.1. The summed E-state index contributed by atoms with van der Waals surface area (Å²) >= 11 is 0. The largest absolute Gasteiger partial charge is 0.388 e. The van der Waals surface area contributed by atoms with Crippen molar-refractivity contribution >= 4 is 10.9 Å². The highest BCUT2D eigenvalue weighted by Crippen LogP contribution is 2.20. The summed E-state index contributed by atoms with van der Waals surface area (Å²) < 4.78 is 0. The molecule has 2 aromatic carbocycles. The molecule has 2 heteroatoms. The Kier molecular flexibility index (Phi) is 3.25. The van der Waals surface area contributed by atoms with E-state index >= 15 is 0 Å². The maximum atomic E-state index is 10.2. The lowest BCUT2D eigenvalue weighted by atomic mass is 10.0. The fourth-order valence-electron chi connectivity index (χ4n) is 2.24. The number of aromatic nitrogens is 1. The van der Waals surface area contributed by atoms with Crippen LogP contribution < -0.4 is 0 Å². The summed E-state index contributed by atoms with van der Waals surface area (Å²) in [6, 6.07) is 19.8. The Balaban J connectivity index is 1.85. The molecule has 0 aliphatic rings. The third-order valence-electron chi connectivity index (χ3n) is 3.26. The summed E-state index contributed by atoms with van der Waals surface area (Å²) in [6.07, 6.45) is 1.94. The highest BCUT2D eigenvalue weighted by Gasteiger charge is 2.08. The van der Waals surface area contributed by atoms with Crippen molar-refractivity contribution in [2.45, 2.75) is 12.5 Å². The third-order valence-corrected chi connectivity index (χ3v) is 3.26. The van der Waals surface area contributed by atoms with Crippen molar-refractivity contribution in [3.63, 3.8) is 0 Å². The van der Waals surface area contributed by atoms with Crippen LogP contribution in [0.25, 0.3) is 10.9 Å². The van der Waals surface area contributed by atoms with Crippen molar-refractivity contribution in [2.75, 3.05) is 0 Å². The van der Waals surface area contributed by atoms with Gasteiger partial charge >= 0.3 is 0 Å². The molecule has 1 N–H and O–H groups in total. The van der Waals surface area contributed by atoms with Gasteiger partial charge in [-0.25, -0.2) is 0 Å². The standard InChI is InChI=1S/C17H15NO/c19-17(14-6-2-1-3-7-14)11-13-10-15-8-4-5-9-16(15)18-12-13/h1-10,12,17,19H,11H2. The van der Waals surface area contributed by atoms with Crippen molar-refractivity contribution in [1.29, 1.82) is 0 Å². The van der Waals surface area contributed by atoms with E-state index in [0.717, 1.165) is 22.0 Å². The molecule has 3 aromatic rings. The quantitative estimate of drug-likeness (QED) is 0.770. The van der Waals surface area contributed by atoms with Gasteiger partial charge in [-0.3, -0.25) is 4.98 Å². The predicted octanol–water partition coefficient (Wildman–Crippen LogP) is 3.51. The van der Waals surface area contributed by atoms with E-state index in [1.165, 1.54) is 0 Å². The van der Waals surface area contributed by atoms with Gasteiger partial charge in [0.2, 0.25) is 0 Å². The Morgan fingerprint density at radius 1 is 0.947 bits per heavy atom. The molecular formula is C17H15NO. The van der Waals surface area contributed by atoms with Crippen LogP contribution in [-0.4, -0.2) is 10.1 Å². The van der Waals surface area contributed by atoms with E-state index < -0.39 is 6.10 Å². The molecule has 0 saturated carbocycles. The number of rotatable bonds is 3. The van der Waals surface area contributed by atoms with Crippen LogP contribution in [0.5, 0.6) is 0 Å². The molecule has 1 unspecified atom stereocenters. The number of para-hydroxylation sites is 1. The average Bonchev–Trinajstić information content (AvgIpc) is 2.48. The molecule has 0 saturated heterocycles. The first-order valence-electron chi connectivity index (χ1n) is 6.39. The van der Waals surface area contributed by atoms with Gasteiger partial charge in [-0.1, -0.05) is 48.5 Å². The van der Waals surface area contributed by atoms with Gasteiger partial charge in [-0.15, -0.1) is 0 Å². The smallest absolute Gasteiger partial charge is 0.0830 e. The average molecular weight is 249 g/mol. The molecule has 0 amide bonds. The molecular weight excluding hydrogens is 234 g/mol. The summed E-state index contributed by atoms with van der Waals surface area (Å²) in [5.74, 6) is 0. The van der Waals surface area contributed by atoms with Crippen LogP contribution in [0.2, 0.25) is 0 Å². The van der Waals surface area contributed by atoms with E-state index in [9.17, 15) is 5.11 Å². The van der Waals surface area contributed by atoms with Crippen LogP contribution in [0.4, 0.5) is 0 Å². The minimum Gasteiger partial charge on any atom is -0.388 e. The summed E-state index contributed by atoms with van der Waals surface area (Å²) in [5.41, 5.74) is 2.98. The number of aliphatic hydroxyl groups is 1. The van der Waals surface area contributed by atoms with Crippen LogP contribution in [0.1, 0.15) is 17.2 Å². The monoisotopic (exact) mass is 249 g/mol. The van der Waals surface area contributed by atoms with Crippen molar-refractivity contribution in [1.82, 2.24) is 4.98 Å². The van der Waals surface area contributed by atoms with E-state index in [0.29, 0.717) is 6.42 Å². The first kappa shape index (κ1) is 11.9. The molecule has 0 radical (unpaired) electrons. The van der Waals surface area contributed by atoms with Gasteiger partial charge in [-0.05, 0) is 23.3 Å². The fraction of sp³-hybridized carbons (Fsp3) is 0.118. The minimum atomic E-state index is -0.482. The number of pyridine rings is 1. The maximum absolute atomic E-state index is 10.2. The van der Waals surface area contributed by atoms with Gasteiger partial charge in [0.1, 0.15) is 0 Å². The van der Waals surface area contributed by atoms with Crippen molar-refractivity contribution in [2.24, 2.45) is 0 Å². The predicted molar refractivity (Wildman–Crippen MR) is 76.8 cm³/mol. The lowest BCUT2D eigenvalue weighted by Crippen LogP contribution is -2.01. The van der Waals surface area contributed by atoms with Gasteiger partial charge < -0.3 is 5.11 Å². The van der Waals surface area contributed by atoms with Crippen LogP contribution in [0.15, 0.2) is 66.9 Å². The van der Waals surface area contributed by atoms with Crippen molar-refractivity contribution in [3.05, 3.63) is 78.0 Å². The molecule has 3 rings (SSSR count). The van der Waals surface area contributed by atoms with Crippen LogP contribution >= 0.6 is 0 Å². The zero-order valence-corrected chi connectivity index (χ0v) is 10.5. The highest BCUT2D eigenvalue weighted by atomic mass is 16.3. The topological polar surface area (TPSA) is 33.1 Å². The molecule has 0 fully saturated rings. The van der Waals surface area contributed by atoms with Gasteiger partial charge in [0.05, 0.1) is 11.6 Å². The van der Waals surface area contributed by atoms with E-state index in [2.05, 4.69) is 11.1 Å². The lowest BCUT2D eigenvalue weighted by molar-refractivity contribution is 0.178. The number of benzene rings is 2. The second-order valence-corrected chi connectivity index (χ2v) is 4.67. The van der Waals surface area contributed by atoms with E-state index in [1.807, 2.05) is 60.8 Å². The molecule has 0 aliphatic carbocycles. The first-order valence-corrected chi connectivity index (χ1v) is 6.39. The number of fused-ring (bicyclic) bond motifs is 1. The van der Waals surface area contributed by atoms with Crippen LogP contribution in [-0.2, 0) is 6.42 Å². The Morgan fingerprint density at radius 2 is 1.68 bits per heavy atom. The Morgan fingerprint density at radius 3 is 2.53 bits per heavy atom. The normalized spacial score (nSPS) is 12.5. The molecule has 19 heavy (non-hydrogen) atoms. The molecule has 0 aliphatic heterocycles. The molecule has 1 atom stereocenters. The van der Waals surface area contributed by atoms with E-state index in [1.54, 1.807) is 0 Å². The number of nitrogens with zero attached hydrogens (tertiary/aromatic N) is 1. The van der Waals surface area contributed by atoms with E-state index in [4.69, 9.17) is 0 Å². The molecule has 94 valence electrons. The number of aliphatic hydroxyl groups excluding tert-OH is 1. The Labute approximate surface area is 112 Å². The summed E-state index contributed by atoms with van der Waals surface area (Å²) in [4.78, 5) is 4.42. The van der Waals surface area contributed by atoms with Gasteiger partial charge in [0, 0.05) is 18.0 Å². The maximum Gasteiger partial charge on any atom is 0.0830 e. The van der Waals surface area contributed by atoms with Crippen LogP contribution in [0, 0.1) is 0 Å². The van der Waals surface area contributed by atoms with Crippen LogP contribution in [0.3, 0.4) is 0 Å². The van der Waals surface area contributed by atoms with Gasteiger partial charge in [-0.2, -0.15) is 0 Å². The number of hydrogen-bond donors (Lipinski definition) is 1. The second kappa shape index (κ2) is 5.21. The van der Waals surface area contributed by atoms with Crippen molar-refractivity contribution < 1.29 is 5.11 Å². The lowest BCUT2D eigenvalue weighted by Gasteiger charge is -2.11. The Bertz CT molecular complexity index is 679. The molecule has 2 nitrogen and oxygen atoms in total. The third kappa shape index (κ3) is 2.64. The zero-order valence-electron chi connectivity index (χ0n) is 10.5. The Hall–Kier alpha value is -2.19. The fourth-order valence-corrected chi connectivity index (χ4v) is 2.24. The minimum absolute atomic E-state index is 0.482. The van der Waals surface area contributed by atoms with Gasteiger partial charge in [0.15, 0.2) is 0 Å². The summed E-state index contributed by atoms with van der Waals surface area (Å²) in [5, 5.41) is 11.3. The molecule has 0 bridgehead atoms. The second-order valence-electron chi connectivity index (χ2n) is 4.67. The first-order chi connectivity index (χ1) is 9.33. The summed E-state index contributed by atoms with van der Waals surface area (Å²) in [6.45, 7) is 0. The highest BCUT2D eigenvalue weighted by molar-refractivity contribution is 5.78. The molecule has 1 aromatic heterocycles. The number of hydrogen-bond acceptors (Lipinski definition) is 2. The SMILES string of the molecule is OC(Cc1cnc2ccccc2c1)c1ccccc1. The van der Waals surface area contributed by atoms with E-state index in [-0.39, 0.29) is 0 Å². The summed E-state index contributed by atoms with van der Waals surface area (Å²) in [7, 11) is 0.